The number of carbonyl (C=O) groups excluding carboxylic acids is 1. The van der Waals surface area contributed by atoms with E-state index in [0.29, 0.717) is 24.4 Å². The van der Waals surface area contributed by atoms with Gasteiger partial charge in [-0.1, -0.05) is 103 Å². The van der Waals surface area contributed by atoms with Crippen LogP contribution in [0.1, 0.15) is 60.0 Å². The molecule has 7 aromatic rings. The van der Waals surface area contributed by atoms with Gasteiger partial charge < -0.3 is 39.8 Å². The molecule has 61 heavy (non-hydrogen) atoms. The van der Waals surface area contributed by atoms with Crippen molar-refractivity contribution in [3.05, 3.63) is 184 Å². The van der Waals surface area contributed by atoms with Crippen LogP contribution in [-0.2, 0) is 22.6 Å². The molecule has 2 aliphatic rings. The molecule has 3 heterocycles. The van der Waals surface area contributed by atoms with E-state index >= 15 is 0 Å². The standard InChI is InChI=1S/C50H49N5O6/c56-33-34-14-16-36(17-15-34)47-30-43(32-54-28-26-40(27-29-54)55-46-13-7-6-12-45(46)53-50(55)58)60-48(61-47)37-20-18-35(19-21-37)44-11-5-4-8-38(44)31-51-49(57)52-39-22-24-42(25-23-39)59-41-9-2-1-3-10-41/h1-25,40,43,47-48,56H,26-33H2,(H,53,58)(H2,51,52,57)/t43-,47+,48+/m1/s1. The topological polar surface area (TPSA) is 130 Å². The third-order valence-corrected chi connectivity index (χ3v) is 11.7. The number of para-hydroxylation sites is 3. The van der Waals surface area contributed by atoms with Crippen LogP contribution < -0.4 is 21.1 Å². The molecule has 2 aliphatic heterocycles. The number of ether oxygens (including phenoxy) is 3. The number of nitrogens with zero attached hydrogens (tertiary/aromatic N) is 2. The Labute approximate surface area is 354 Å². The molecule has 0 spiro atoms. The molecule has 2 saturated heterocycles. The Balaban J connectivity index is 0.848. The van der Waals surface area contributed by atoms with Crippen molar-refractivity contribution in [1.29, 1.82) is 0 Å². The minimum absolute atomic E-state index is 0.0139. The highest BCUT2D eigenvalue weighted by molar-refractivity contribution is 5.89. The summed E-state index contributed by atoms with van der Waals surface area (Å²) in [7, 11) is 0. The average molecular weight is 816 g/mol. The molecular weight excluding hydrogens is 767 g/mol. The number of piperidine rings is 1. The van der Waals surface area contributed by atoms with Crippen molar-refractivity contribution in [2.75, 3.05) is 25.0 Å². The number of aromatic nitrogens is 2. The van der Waals surface area contributed by atoms with Gasteiger partial charge in [0.1, 0.15) is 11.5 Å². The summed E-state index contributed by atoms with van der Waals surface area (Å²) in [5, 5.41) is 15.6. The molecule has 0 bridgehead atoms. The number of nitrogens with one attached hydrogen (secondary N) is 3. The lowest BCUT2D eigenvalue weighted by molar-refractivity contribution is -0.253. The Kier molecular flexibility index (Phi) is 12.1. The van der Waals surface area contributed by atoms with Crippen LogP contribution in [0.15, 0.2) is 156 Å². The fourth-order valence-electron chi connectivity index (χ4n) is 8.48. The minimum atomic E-state index is -0.586. The number of amides is 2. The van der Waals surface area contributed by atoms with Crippen LogP contribution in [0.3, 0.4) is 0 Å². The summed E-state index contributed by atoms with van der Waals surface area (Å²) in [6, 6.07) is 48.8. The highest BCUT2D eigenvalue weighted by Crippen LogP contribution is 2.39. The van der Waals surface area contributed by atoms with Crippen LogP contribution in [-0.4, -0.2) is 51.3 Å². The maximum atomic E-state index is 13.0. The molecule has 2 amide bonds. The second-order valence-corrected chi connectivity index (χ2v) is 15.7. The van der Waals surface area contributed by atoms with Gasteiger partial charge in [0, 0.05) is 49.9 Å². The number of H-pyrrole nitrogens is 1. The summed E-state index contributed by atoms with van der Waals surface area (Å²) in [5.74, 6) is 1.43. The molecule has 0 unspecified atom stereocenters. The van der Waals surface area contributed by atoms with Gasteiger partial charge in [0.05, 0.1) is 29.8 Å². The van der Waals surface area contributed by atoms with Crippen molar-refractivity contribution >= 4 is 22.8 Å². The summed E-state index contributed by atoms with van der Waals surface area (Å²) in [4.78, 5) is 31.3. The smallest absolute Gasteiger partial charge is 0.326 e. The Morgan fingerprint density at radius 2 is 1.44 bits per heavy atom. The van der Waals surface area contributed by atoms with Gasteiger partial charge in [-0.15, -0.1) is 0 Å². The molecule has 6 aromatic carbocycles. The molecule has 11 heteroatoms. The summed E-state index contributed by atoms with van der Waals surface area (Å²) >= 11 is 0. The Bertz CT molecular complexity index is 2600. The van der Waals surface area contributed by atoms with Crippen LogP contribution in [0.4, 0.5) is 10.5 Å². The summed E-state index contributed by atoms with van der Waals surface area (Å²) in [5.41, 5.74) is 8.26. The van der Waals surface area contributed by atoms with Crippen LogP contribution in [0, 0.1) is 0 Å². The van der Waals surface area contributed by atoms with E-state index in [1.807, 2.05) is 126 Å². The molecule has 2 fully saturated rings. The summed E-state index contributed by atoms with van der Waals surface area (Å²) < 4.78 is 21.2. The SMILES string of the molecule is O=C(NCc1ccccc1-c1ccc([C@H]2O[C@@H](CN3CCC(n4c(=O)[nH]c5ccccc54)CC3)C[C@@H](c3ccc(CO)cc3)O2)cc1)Nc1ccc(Oc2ccccc2)cc1. The zero-order valence-corrected chi connectivity index (χ0v) is 33.8. The number of imidazole rings is 1. The number of urea groups is 1. The zero-order valence-electron chi connectivity index (χ0n) is 33.8. The second kappa shape index (κ2) is 18.4. The van der Waals surface area contributed by atoms with Crippen molar-refractivity contribution in [2.45, 2.75) is 57.0 Å². The number of rotatable bonds is 12. The minimum Gasteiger partial charge on any atom is -0.457 e. The molecular formula is C50H49N5O6. The number of aliphatic hydroxyl groups is 1. The molecule has 3 atom stereocenters. The number of anilines is 1. The van der Waals surface area contributed by atoms with E-state index in [4.69, 9.17) is 14.2 Å². The fraction of sp³-hybridized carbons (Fsp3) is 0.240. The molecule has 0 aliphatic carbocycles. The lowest BCUT2D eigenvalue weighted by atomic mass is 9.97. The van der Waals surface area contributed by atoms with Gasteiger partial charge in [0.2, 0.25) is 0 Å². The number of aromatic amines is 1. The Hall–Kier alpha value is -6.50. The molecule has 1 aromatic heterocycles. The third-order valence-electron chi connectivity index (χ3n) is 11.7. The van der Waals surface area contributed by atoms with Crippen molar-refractivity contribution < 1.29 is 24.1 Å². The zero-order chi connectivity index (χ0) is 41.5. The Morgan fingerprint density at radius 1 is 0.754 bits per heavy atom. The van der Waals surface area contributed by atoms with E-state index in [9.17, 15) is 14.7 Å². The number of hydrogen-bond acceptors (Lipinski definition) is 7. The van der Waals surface area contributed by atoms with Crippen molar-refractivity contribution in [2.24, 2.45) is 0 Å². The monoisotopic (exact) mass is 815 g/mol. The highest BCUT2D eigenvalue weighted by atomic mass is 16.7. The van der Waals surface area contributed by atoms with Gasteiger partial charge >= 0.3 is 11.7 Å². The van der Waals surface area contributed by atoms with E-state index < -0.39 is 6.29 Å². The maximum Gasteiger partial charge on any atom is 0.326 e. The normalized spacial score (nSPS) is 18.5. The first-order chi connectivity index (χ1) is 30.0. The first-order valence-electron chi connectivity index (χ1n) is 20.9. The Morgan fingerprint density at radius 3 is 2.21 bits per heavy atom. The molecule has 0 radical (unpaired) electrons. The van der Waals surface area contributed by atoms with E-state index in [2.05, 4.69) is 50.8 Å². The predicted molar refractivity (Wildman–Crippen MR) is 236 cm³/mol. The summed E-state index contributed by atoms with van der Waals surface area (Å²) in [6.45, 7) is 2.79. The summed E-state index contributed by atoms with van der Waals surface area (Å²) in [6.07, 6.45) is 1.57. The van der Waals surface area contributed by atoms with E-state index in [-0.39, 0.29) is 36.6 Å². The van der Waals surface area contributed by atoms with Crippen LogP contribution in [0.5, 0.6) is 11.5 Å². The van der Waals surface area contributed by atoms with Gasteiger partial charge in [0.25, 0.3) is 0 Å². The first kappa shape index (κ1) is 39.9. The van der Waals surface area contributed by atoms with E-state index in [1.165, 1.54) is 0 Å². The molecule has 11 nitrogen and oxygen atoms in total. The molecule has 0 saturated carbocycles. The molecule has 9 rings (SSSR count). The quantitative estimate of drug-likeness (QED) is 0.0967. The van der Waals surface area contributed by atoms with E-state index in [1.54, 1.807) is 0 Å². The van der Waals surface area contributed by atoms with Gasteiger partial charge in [-0.2, -0.15) is 0 Å². The fourth-order valence-corrected chi connectivity index (χ4v) is 8.48. The number of carbonyl (C=O) groups is 1. The van der Waals surface area contributed by atoms with E-state index in [0.717, 1.165) is 82.6 Å². The third kappa shape index (κ3) is 9.46. The number of likely N-dealkylation sites (tertiary alicyclic amines) is 1. The molecule has 310 valence electrons. The molecule has 4 N–H and O–H groups in total. The van der Waals surface area contributed by atoms with Gasteiger partial charge in [0.15, 0.2) is 6.29 Å². The lowest BCUT2D eigenvalue weighted by Gasteiger charge is -2.40. The number of fused-ring (bicyclic) bond motifs is 1. The largest absolute Gasteiger partial charge is 0.457 e. The van der Waals surface area contributed by atoms with Crippen LogP contribution in [0.2, 0.25) is 0 Å². The number of benzene rings is 6. The van der Waals surface area contributed by atoms with Crippen molar-refractivity contribution in [3.63, 3.8) is 0 Å². The maximum absolute atomic E-state index is 13.0. The number of aliphatic hydroxyl groups excluding tert-OH is 1. The second-order valence-electron chi connectivity index (χ2n) is 15.7. The predicted octanol–water partition coefficient (Wildman–Crippen LogP) is 9.49. The van der Waals surface area contributed by atoms with Crippen molar-refractivity contribution in [3.8, 4) is 22.6 Å². The number of hydrogen-bond donors (Lipinski definition) is 4. The highest BCUT2D eigenvalue weighted by Gasteiger charge is 2.34. The van der Waals surface area contributed by atoms with Crippen LogP contribution in [0.25, 0.3) is 22.2 Å². The lowest BCUT2D eigenvalue weighted by Crippen LogP contribution is -2.43. The van der Waals surface area contributed by atoms with Crippen LogP contribution >= 0.6 is 0 Å². The first-order valence-corrected chi connectivity index (χ1v) is 20.9. The van der Waals surface area contributed by atoms with Gasteiger partial charge in [-0.05, 0) is 89.2 Å². The average Bonchev–Trinajstić information content (AvgIpc) is 3.65. The van der Waals surface area contributed by atoms with Gasteiger partial charge in [-0.3, -0.25) is 4.57 Å². The van der Waals surface area contributed by atoms with Gasteiger partial charge in [-0.25, -0.2) is 9.59 Å². The van der Waals surface area contributed by atoms with Crippen molar-refractivity contribution in [1.82, 2.24) is 19.8 Å².